The van der Waals surface area contributed by atoms with Crippen molar-refractivity contribution in [2.45, 2.75) is 0 Å². The SMILES string of the molecule is c1ccc(-c2cc(-c3ccccc3-c3c(-n4c5ccccc5c5ccccc54)c(-n4c5ccccc5c5ccccc54)nc(-n4c5ccccc5c5cnccc54)c3-n3c4ccccc4c4cnccc43)nc(-c3ccccc3)n2)cc1. The molecule has 0 aliphatic heterocycles. The van der Waals surface area contributed by atoms with Gasteiger partial charge in [-0.05, 0) is 60.2 Å². The van der Waals surface area contributed by atoms with E-state index < -0.39 is 0 Å². The highest BCUT2D eigenvalue weighted by molar-refractivity contribution is 6.16. The van der Waals surface area contributed by atoms with Gasteiger partial charge in [0.2, 0.25) is 0 Å². The third kappa shape index (κ3) is 6.77. The maximum Gasteiger partial charge on any atom is 0.165 e. The minimum absolute atomic E-state index is 0.629. The molecule has 8 heterocycles. The fourth-order valence-electron chi connectivity index (χ4n) is 12.9. The predicted molar refractivity (Wildman–Crippen MR) is 335 cm³/mol. The summed E-state index contributed by atoms with van der Waals surface area (Å²) in [5.41, 5.74) is 16.2. The van der Waals surface area contributed by atoms with E-state index in [1.165, 1.54) is 0 Å². The first-order valence-corrected chi connectivity index (χ1v) is 27.6. The van der Waals surface area contributed by atoms with Crippen LogP contribution in [0.25, 0.3) is 155 Å². The second-order valence-corrected chi connectivity index (χ2v) is 20.8. The third-order valence-electron chi connectivity index (χ3n) is 16.4. The number of fused-ring (bicyclic) bond motifs is 12. The van der Waals surface area contributed by atoms with Crippen LogP contribution < -0.4 is 0 Å². The predicted octanol–water partition coefficient (Wildman–Crippen LogP) is 17.7. The molecule has 9 nitrogen and oxygen atoms in total. The van der Waals surface area contributed by atoms with Gasteiger partial charge >= 0.3 is 0 Å². The molecule has 0 bridgehead atoms. The van der Waals surface area contributed by atoms with Gasteiger partial charge in [-0.3, -0.25) is 19.1 Å². The molecule has 0 aliphatic rings. The average molecular weight is 1050 g/mol. The van der Waals surface area contributed by atoms with Crippen LogP contribution in [-0.2, 0) is 0 Å². The zero-order valence-electron chi connectivity index (χ0n) is 44.0. The molecule has 0 radical (unpaired) electrons. The van der Waals surface area contributed by atoms with Crippen LogP contribution >= 0.6 is 0 Å². The van der Waals surface area contributed by atoms with E-state index in [1.807, 2.05) is 49.1 Å². The van der Waals surface area contributed by atoms with Gasteiger partial charge in [-0.15, -0.1) is 0 Å². The summed E-state index contributed by atoms with van der Waals surface area (Å²) in [5.74, 6) is 2.10. The van der Waals surface area contributed by atoms with E-state index in [2.05, 4.69) is 243 Å². The first-order chi connectivity index (χ1) is 40.7. The average Bonchev–Trinajstić information content (AvgIpc) is 1.84. The molecule has 0 aliphatic carbocycles. The zero-order valence-corrected chi connectivity index (χ0v) is 44.0. The molecule has 9 aromatic carbocycles. The van der Waals surface area contributed by atoms with E-state index in [9.17, 15) is 0 Å². The lowest BCUT2D eigenvalue weighted by atomic mass is 9.93. The zero-order chi connectivity index (χ0) is 53.8. The van der Waals surface area contributed by atoms with Crippen LogP contribution in [0.15, 0.2) is 274 Å². The molecule has 0 saturated carbocycles. The monoisotopic (exact) mass is 1050 g/mol. The van der Waals surface area contributed by atoms with Gasteiger partial charge in [-0.1, -0.05) is 194 Å². The molecule has 8 aromatic heterocycles. The van der Waals surface area contributed by atoms with Crippen molar-refractivity contribution in [2.75, 3.05) is 0 Å². The van der Waals surface area contributed by atoms with Crippen molar-refractivity contribution in [2.24, 2.45) is 0 Å². The molecule has 17 aromatic rings. The maximum absolute atomic E-state index is 6.42. The summed E-state index contributed by atoms with van der Waals surface area (Å²) in [4.78, 5) is 26.9. The fourth-order valence-corrected chi connectivity index (χ4v) is 12.9. The van der Waals surface area contributed by atoms with Gasteiger partial charge < -0.3 is 9.13 Å². The van der Waals surface area contributed by atoms with Crippen molar-refractivity contribution in [3.05, 3.63) is 274 Å². The van der Waals surface area contributed by atoms with Crippen LogP contribution in [-0.4, -0.2) is 43.2 Å². The number of aromatic nitrogens is 9. The molecule has 0 atom stereocenters. The Morgan fingerprint density at radius 2 is 0.598 bits per heavy atom. The smallest absolute Gasteiger partial charge is 0.165 e. The summed E-state index contributed by atoms with van der Waals surface area (Å²) >= 11 is 0. The highest BCUT2D eigenvalue weighted by Gasteiger charge is 2.34. The molecule has 82 heavy (non-hydrogen) atoms. The lowest BCUT2D eigenvalue weighted by Crippen LogP contribution is -2.16. The Hall–Kier alpha value is -11.3. The Kier molecular flexibility index (Phi) is 10.1. The minimum Gasteiger partial charge on any atom is -0.305 e. The second kappa shape index (κ2) is 18.1. The molecule has 0 fully saturated rings. The molecule has 0 amide bonds. The van der Waals surface area contributed by atoms with E-state index in [4.69, 9.17) is 24.9 Å². The molecule has 382 valence electrons. The fraction of sp³-hybridized carbons (Fsp3) is 0. The van der Waals surface area contributed by atoms with Crippen LogP contribution in [0.1, 0.15) is 0 Å². The number of hydrogen-bond donors (Lipinski definition) is 0. The lowest BCUT2D eigenvalue weighted by Gasteiger charge is -2.27. The summed E-state index contributed by atoms with van der Waals surface area (Å²) in [6, 6.07) is 88.3. The number of hydrogen-bond acceptors (Lipinski definition) is 5. The molecule has 0 N–H and O–H groups in total. The summed E-state index contributed by atoms with van der Waals surface area (Å²) in [6.07, 6.45) is 7.78. The lowest BCUT2D eigenvalue weighted by molar-refractivity contribution is 0.960. The number of nitrogens with zero attached hydrogens (tertiary/aromatic N) is 9. The van der Waals surface area contributed by atoms with E-state index >= 15 is 0 Å². The van der Waals surface area contributed by atoms with Crippen molar-refractivity contribution >= 4 is 87.2 Å². The van der Waals surface area contributed by atoms with Crippen LogP contribution in [0.5, 0.6) is 0 Å². The van der Waals surface area contributed by atoms with Crippen LogP contribution in [0.2, 0.25) is 0 Å². The van der Waals surface area contributed by atoms with Crippen molar-refractivity contribution in [1.29, 1.82) is 0 Å². The van der Waals surface area contributed by atoms with Gasteiger partial charge in [-0.2, -0.15) is 0 Å². The summed E-state index contributed by atoms with van der Waals surface area (Å²) < 4.78 is 9.69. The molecular weight excluding hydrogens is 1000 g/mol. The first-order valence-electron chi connectivity index (χ1n) is 27.6. The van der Waals surface area contributed by atoms with Crippen LogP contribution in [0, 0.1) is 0 Å². The Balaban J connectivity index is 1.17. The molecule has 0 unspecified atom stereocenters. The Morgan fingerprint density at radius 1 is 0.256 bits per heavy atom. The Bertz CT molecular complexity index is 4900. The first kappa shape index (κ1) is 45.7. The Morgan fingerprint density at radius 3 is 1.06 bits per heavy atom. The van der Waals surface area contributed by atoms with Gasteiger partial charge in [-0.25, -0.2) is 15.0 Å². The van der Waals surface area contributed by atoms with E-state index in [0.29, 0.717) is 5.82 Å². The highest BCUT2D eigenvalue weighted by atomic mass is 15.2. The summed E-state index contributed by atoms with van der Waals surface area (Å²) in [5, 5.41) is 8.70. The van der Waals surface area contributed by atoms with Gasteiger partial charge in [0.1, 0.15) is 11.4 Å². The van der Waals surface area contributed by atoms with Gasteiger partial charge in [0.25, 0.3) is 0 Å². The molecule has 0 spiro atoms. The van der Waals surface area contributed by atoms with Crippen molar-refractivity contribution in [3.8, 4) is 68.0 Å². The van der Waals surface area contributed by atoms with Gasteiger partial charge in [0.05, 0.1) is 55.5 Å². The van der Waals surface area contributed by atoms with Gasteiger partial charge in [0, 0.05) is 90.1 Å². The number of para-hydroxylation sites is 6. The summed E-state index contributed by atoms with van der Waals surface area (Å²) in [6.45, 7) is 0. The van der Waals surface area contributed by atoms with E-state index in [1.54, 1.807) is 0 Å². The standard InChI is InChI=1S/C73H45N9/c1-3-21-46(22-4-1)58-43-59(77-71(76-58)47-23-5-2-6-24-47)48-25-7-8-32-55(48)68-69(79-60-33-15-9-26-49(60)50-27-10-16-34-61(50)79)72(81-63-36-18-11-28-51(63)52-29-12-19-37-64(52)81)78-73(82-65-38-20-14-31-54(65)57-45-75-42-40-67(57)82)70(68)80-62-35-17-13-30-53(62)56-44-74-41-39-66(56)80/h1-45H. The highest BCUT2D eigenvalue weighted by Crippen LogP contribution is 2.50. The van der Waals surface area contributed by atoms with Crippen molar-refractivity contribution in [3.63, 3.8) is 0 Å². The Labute approximate surface area is 469 Å². The molecule has 9 heteroatoms. The molecule has 17 rings (SSSR count). The third-order valence-corrected chi connectivity index (χ3v) is 16.4. The van der Waals surface area contributed by atoms with Crippen molar-refractivity contribution in [1.82, 2.24) is 43.2 Å². The number of rotatable bonds is 8. The van der Waals surface area contributed by atoms with Crippen LogP contribution in [0.3, 0.4) is 0 Å². The van der Waals surface area contributed by atoms with E-state index in [0.717, 1.165) is 149 Å². The quantitative estimate of drug-likeness (QED) is 0.151. The molecule has 0 saturated heterocycles. The second-order valence-electron chi connectivity index (χ2n) is 20.8. The largest absolute Gasteiger partial charge is 0.305 e. The normalized spacial score (nSPS) is 11.9. The number of pyridine rings is 3. The van der Waals surface area contributed by atoms with Crippen molar-refractivity contribution < 1.29 is 0 Å². The maximum atomic E-state index is 6.42. The van der Waals surface area contributed by atoms with Crippen LogP contribution in [0.4, 0.5) is 0 Å². The van der Waals surface area contributed by atoms with E-state index in [-0.39, 0.29) is 0 Å². The molecular formula is C73H45N9. The van der Waals surface area contributed by atoms with Gasteiger partial charge in [0.15, 0.2) is 17.5 Å². The topological polar surface area (TPSA) is 84.2 Å². The minimum atomic E-state index is 0.629. The number of benzene rings is 9. The summed E-state index contributed by atoms with van der Waals surface area (Å²) in [7, 11) is 0.